The molecule has 0 aromatic heterocycles. The minimum absolute atomic E-state index is 0.0943. The largest absolute Gasteiger partial charge is 0.451 e. The fraction of sp³-hybridized carbons (Fsp3) is 0.793. The van der Waals surface area contributed by atoms with Crippen LogP contribution in [0.3, 0.4) is 0 Å². The summed E-state index contributed by atoms with van der Waals surface area (Å²) < 4.78 is 88.9. The highest BCUT2D eigenvalue weighted by molar-refractivity contribution is 5.87. The van der Waals surface area contributed by atoms with Crippen molar-refractivity contribution in [1.82, 2.24) is 0 Å². The number of rotatable bonds is 42. The van der Waals surface area contributed by atoms with E-state index in [1.165, 1.54) is 32.9 Å². The Morgan fingerprint density at radius 1 is 0.336 bits per heavy atom. The summed E-state index contributed by atoms with van der Waals surface area (Å²) in [5.74, 6) is -0.910. The van der Waals surface area contributed by atoms with E-state index >= 15 is 0 Å². The van der Waals surface area contributed by atoms with E-state index in [4.69, 9.17) is 71.1 Å². The van der Waals surface area contributed by atoms with E-state index in [1.807, 2.05) is 45.9 Å². The van der Waals surface area contributed by atoms with Gasteiger partial charge in [-0.3, -0.25) is 0 Å². The van der Waals surface area contributed by atoms with Gasteiger partial charge >= 0.3 is 5.97 Å². The van der Waals surface area contributed by atoms with Gasteiger partial charge < -0.3 is 178 Å². The van der Waals surface area contributed by atoms with E-state index in [2.05, 4.69) is 25.3 Å². The monoisotopic (exact) mass is 1710 g/mol. The SMILES string of the molecule is C=C[C@](C)(CC/C=C(\C)CC/C=C(\C)CC/C=C(/C)CO[C@@H]1O[C@H](CO[C@@H]2O[C@@H](C)[C@H](O)[C@@H](O)[C@H]2O)[C@@H](O[C@@H]2O[C@@H](C)[C@H](O)[C@@H](O)[C@H]2OC(=O)/C(C)=C/CC/C(C)=C/CC/C(C)=C/CC[C@@](C)(C=C)O[C@@H]2O[C@H](CO)[C@@H](O)[C@H](O)[C@H]2O[C@@H]2O[C@H](CO)[C@@H](O)[C@H](O)[C@H]2O)[C@H](O)[C@H]1O)O[C@@H]1O[C@H](CO)[C@@H](O)[C@H](O)[C@H]1O[C@@H]1O[C@H](CO)[C@@H](O)[C@H](O)[C@H]1O. The van der Waals surface area contributed by atoms with Crippen molar-refractivity contribution in [3.63, 3.8) is 0 Å². The number of aliphatic hydroxyl groups is 21. The molecule has 7 fully saturated rings. The van der Waals surface area contributed by atoms with Crippen LogP contribution in [0.5, 0.6) is 0 Å². The van der Waals surface area contributed by atoms with Gasteiger partial charge in [0.05, 0.1) is 63.1 Å². The fourth-order valence-electron chi connectivity index (χ4n) is 14.6. The summed E-state index contributed by atoms with van der Waals surface area (Å²) >= 11 is 0. The maximum absolute atomic E-state index is 13.9. The third-order valence-electron chi connectivity index (χ3n) is 22.9. The Morgan fingerprint density at radius 2 is 0.647 bits per heavy atom. The third-order valence-corrected chi connectivity index (χ3v) is 22.9. The predicted octanol–water partition coefficient (Wildman–Crippen LogP) is -2.41. The zero-order valence-electron chi connectivity index (χ0n) is 69.4. The van der Waals surface area contributed by atoms with Crippen LogP contribution in [0.15, 0.2) is 95.2 Å². The molecule has 37 heteroatoms. The number of ether oxygens (including phenoxy) is 15. The highest BCUT2D eigenvalue weighted by Gasteiger charge is 2.57. The lowest BCUT2D eigenvalue weighted by Gasteiger charge is -2.47. The van der Waals surface area contributed by atoms with Crippen LogP contribution in [0.1, 0.15) is 146 Å². The molecule has 684 valence electrons. The van der Waals surface area contributed by atoms with Gasteiger partial charge in [-0.25, -0.2) is 4.79 Å². The maximum Gasteiger partial charge on any atom is 0.333 e. The van der Waals surface area contributed by atoms with E-state index in [-0.39, 0.29) is 12.2 Å². The molecule has 7 saturated heterocycles. The average Bonchev–Trinajstić information content (AvgIpc) is 0.785. The number of hydrogen-bond acceptors (Lipinski definition) is 37. The number of carbonyl (C=O) groups is 1. The quantitative estimate of drug-likeness (QED) is 0.0172. The van der Waals surface area contributed by atoms with Crippen molar-refractivity contribution in [1.29, 1.82) is 0 Å². The van der Waals surface area contributed by atoms with Crippen LogP contribution in [0.25, 0.3) is 0 Å². The highest BCUT2D eigenvalue weighted by atomic mass is 16.8. The van der Waals surface area contributed by atoms with Crippen molar-refractivity contribution in [2.24, 2.45) is 0 Å². The molecule has 0 radical (unpaired) electrons. The van der Waals surface area contributed by atoms with Crippen molar-refractivity contribution >= 4 is 5.97 Å². The zero-order valence-corrected chi connectivity index (χ0v) is 69.4. The Balaban J connectivity index is 0.899. The molecule has 119 heavy (non-hydrogen) atoms. The molecule has 7 rings (SSSR count). The molecule has 37 atom stereocenters. The van der Waals surface area contributed by atoms with Crippen LogP contribution in [0, 0.1) is 0 Å². The van der Waals surface area contributed by atoms with Gasteiger partial charge in [0, 0.05) is 5.57 Å². The van der Waals surface area contributed by atoms with Gasteiger partial charge in [-0.15, -0.1) is 13.2 Å². The van der Waals surface area contributed by atoms with Gasteiger partial charge in [0.1, 0.15) is 153 Å². The van der Waals surface area contributed by atoms with Crippen LogP contribution >= 0.6 is 0 Å². The second-order valence-electron chi connectivity index (χ2n) is 32.7. The zero-order chi connectivity index (χ0) is 88.2. The van der Waals surface area contributed by atoms with E-state index in [1.54, 1.807) is 26.8 Å². The lowest BCUT2D eigenvalue weighted by atomic mass is 9.95. The molecule has 7 aliphatic heterocycles. The molecular weight excluding hydrogens is 1580 g/mol. The van der Waals surface area contributed by atoms with Crippen LogP contribution < -0.4 is 0 Å². The summed E-state index contributed by atoms with van der Waals surface area (Å²) in [5.41, 5.74) is 2.75. The first-order valence-electron chi connectivity index (χ1n) is 40.8. The average molecular weight is 1710 g/mol. The van der Waals surface area contributed by atoms with Crippen LogP contribution in [0.2, 0.25) is 0 Å². The summed E-state index contributed by atoms with van der Waals surface area (Å²) in [4.78, 5) is 13.9. The Labute approximate surface area is 693 Å². The van der Waals surface area contributed by atoms with Crippen molar-refractivity contribution < 1.29 is 183 Å². The minimum atomic E-state index is -1.88. The van der Waals surface area contributed by atoms with Gasteiger partial charge in [0.25, 0.3) is 0 Å². The first-order chi connectivity index (χ1) is 56.2. The van der Waals surface area contributed by atoms with Gasteiger partial charge in [-0.2, -0.15) is 0 Å². The van der Waals surface area contributed by atoms with Crippen molar-refractivity contribution in [2.45, 2.75) is 372 Å². The lowest BCUT2D eigenvalue weighted by molar-refractivity contribution is -0.375. The maximum atomic E-state index is 13.9. The third kappa shape index (κ3) is 27.5. The number of allylic oxidation sites excluding steroid dienone is 10. The standard InChI is InChI=1S/C82H134O37/c1-13-81(11,118-79-71(62(97)56(91)49(35-85)111-79)116-76-66(101)59(94)54(89)47(33-83)109-76)31-19-28-41(5)23-15-21-39(3)25-17-27-43(7)37-105-75-68(103)64(99)69(51(113-75)38-106-74-65(100)58(93)52(87)45(9)107-74)115-78-70(61(96)53(88)46(10)108-78)114-73(104)44(8)30-18-26-40(4)22-16-24-42(6)29-20-32-82(12,14-2)119-80-72(63(98)57(92)50(36-86)112-80)117-77-67(102)60(95)55(90)48(34-84)110-77/h13-14,21-22,27-30,45-72,74-80,83-103H,1-2,15-20,23-26,31-38H2,3-12H3/b39-21+,40-22+,41-28+,42-29+,43-27-,44-30+/t45-,46-,47+,48+,49+,50+,51+,52-,53-,54+,55+,56+,57+,58+,59-,60-,61+,62-,63-,64+,65+,66+,67+,68+,69+,70+,71+,72+,74+,75+,76-,77-,78-,79-,80-,81+,82+/m0/s1. The molecule has 21 N–H and O–H groups in total. The van der Waals surface area contributed by atoms with Crippen LogP contribution in [0.4, 0.5) is 0 Å². The highest BCUT2D eigenvalue weighted by Crippen LogP contribution is 2.39. The number of esters is 1. The van der Waals surface area contributed by atoms with Crippen molar-refractivity contribution in [2.75, 3.05) is 39.6 Å². The molecule has 0 unspecified atom stereocenters. The Morgan fingerprint density at radius 3 is 1.07 bits per heavy atom. The first-order valence-corrected chi connectivity index (χ1v) is 40.8. The summed E-state index contributed by atoms with van der Waals surface area (Å²) in [6.45, 7) is 21.7. The van der Waals surface area contributed by atoms with Gasteiger partial charge in [0.2, 0.25) is 0 Å². The van der Waals surface area contributed by atoms with Crippen LogP contribution in [-0.2, 0) is 75.8 Å². The topological polar surface area (TPSA) is 580 Å². The molecule has 37 nitrogen and oxygen atoms in total. The first kappa shape index (κ1) is 102. The fourth-order valence-corrected chi connectivity index (χ4v) is 14.6. The summed E-state index contributed by atoms with van der Waals surface area (Å²) in [7, 11) is 0. The van der Waals surface area contributed by atoms with Crippen molar-refractivity contribution in [3.8, 4) is 0 Å². The van der Waals surface area contributed by atoms with E-state index in [0.29, 0.717) is 77.0 Å². The summed E-state index contributed by atoms with van der Waals surface area (Å²) in [5, 5.41) is 224. The normalized spacial score (nSPS) is 41.1. The van der Waals surface area contributed by atoms with Crippen LogP contribution in [-0.4, -0.2) is 379 Å². The van der Waals surface area contributed by atoms with Crippen molar-refractivity contribution in [3.05, 3.63) is 95.2 Å². The second kappa shape index (κ2) is 47.5. The Kier molecular flexibility index (Phi) is 40.8. The number of aliphatic hydroxyl groups excluding tert-OH is 21. The van der Waals surface area contributed by atoms with Gasteiger partial charge in [-0.1, -0.05) is 76.5 Å². The molecule has 0 amide bonds. The smallest absolute Gasteiger partial charge is 0.333 e. The summed E-state index contributed by atoms with van der Waals surface area (Å²) in [6.07, 6.45) is -34.8. The summed E-state index contributed by atoms with van der Waals surface area (Å²) in [6, 6.07) is 0. The Hall–Kier alpha value is -4.01. The molecule has 7 aliphatic rings. The molecule has 0 aromatic carbocycles. The molecule has 0 bridgehead atoms. The molecule has 7 heterocycles. The van der Waals surface area contributed by atoms with Gasteiger partial charge in [0.15, 0.2) is 50.1 Å². The number of carbonyl (C=O) groups excluding carboxylic acids is 1. The second-order valence-corrected chi connectivity index (χ2v) is 32.7. The predicted molar refractivity (Wildman–Crippen MR) is 416 cm³/mol. The molecule has 0 spiro atoms. The van der Waals surface area contributed by atoms with Gasteiger partial charge in [-0.05, 0) is 146 Å². The molecule has 0 aliphatic carbocycles. The van der Waals surface area contributed by atoms with E-state index in [9.17, 15) is 112 Å². The molecular formula is C82H134O37. The molecule has 0 aromatic rings. The Bertz CT molecular complexity index is 3300. The molecule has 0 saturated carbocycles. The number of hydrogen-bond donors (Lipinski definition) is 21. The lowest BCUT2D eigenvalue weighted by Crippen LogP contribution is -2.65. The van der Waals surface area contributed by atoms with E-state index < -0.39 is 265 Å². The minimum Gasteiger partial charge on any atom is -0.451 e. The van der Waals surface area contributed by atoms with E-state index in [0.717, 1.165) is 27.9 Å².